The molecule has 0 fully saturated rings. The molecule has 4 heteroatoms. The lowest BCUT2D eigenvalue weighted by Crippen LogP contribution is -1.99. The molecule has 0 spiro atoms. The van der Waals surface area contributed by atoms with Crippen LogP contribution in [0.25, 0.3) is 0 Å². The van der Waals surface area contributed by atoms with E-state index in [2.05, 4.69) is 17.2 Å². The van der Waals surface area contributed by atoms with E-state index in [1.54, 1.807) is 17.4 Å². The van der Waals surface area contributed by atoms with Crippen molar-refractivity contribution >= 4 is 17.0 Å². The third-order valence-electron chi connectivity index (χ3n) is 2.56. The highest BCUT2D eigenvalue weighted by Crippen LogP contribution is 2.19. The molecule has 2 rings (SSSR count). The summed E-state index contributed by atoms with van der Waals surface area (Å²) in [5.74, 6) is -0.211. The molecule has 0 aliphatic heterocycles. The maximum Gasteiger partial charge on any atom is 0.125 e. The summed E-state index contributed by atoms with van der Waals surface area (Å²) in [6.07, 6.45) is 2.84. The van der Waals surface area contributed by atoms with Crippen LogP contribution in [0.2, 0.25) is 0 Å². The summed E-state index contributed by atoms with van der Waals surface area (Å²) >= 11 is 1.69. The van der Waals surface area contributed by atoms with Crippen molar-refractivity contribution in [1.82, 2.24) is 4.98 Å². The quantitative estimate of drug-likeness (QED) is 0.893. The first-order chi connectivity index (χ1) is 8.19. The summed E-state index contributed by atoms with van der Waals surface area (Å²) in [5.41, 5.74) is 1.89. The molecular formula is C13H15FN2S. The summed E-state index contributed by atoms with van der Waals surface area (Å²) in [7, 11) is 0. The van der Waals surface area contributed by atoms with E-state index in [4.69, 9.17) is 0 Å². The number of aromatic nitrogens is 1. The minimum Gasteiger partial charge on any atom is -0.380 e. The van der Waals surface area contributed by atoms with Gasteiger partial charge in [0.1, 0.15) is 5.82 Å². The van der Waals surface area contributed by atoms with Gasteiger partial charge in [-0.3, -0.25) is 0 Å². The molecular weight excluding hydrogens is 235 g/mol. The molecule has 1 aromatic carbocycles. The Balaban J connectivity index is 2.04. The average Bonchev–Trinajstić information content (AvgIpc) is 2.78. The van der Waals surface area contributed by atoms with Crippen molar-refractivity contribution in [2.45, 2.75) is 26.8 Å². The van der Waals surface area contributed by atoms with Crippen LogP contribution in [-0.4, -0.2) is 4.98 Å². The number of nitrogens with one attached hydrogen (secondary N) is 1. The average molecular weight is 250 g/mol. The lowest BCUT2D eigenvalue weighted by molar-refractivity contribution is 0.628. The fourth-order valence-electron chi connectivity index (χ4n) is 1.56. The van der Waals surface area contributed by atoms with Crippen LogP contribution >= 0.6 is 11.3 Å². The van der Waals surface area contributed by atoms with Crippen LogP contribution in [0, 0.1) is 12.7 Å². The number of hydrogen-bond donors (Lipinski definition) is 1. The molecule has 0 saturated heterocycles. The summed E-state index contributed by atoms with van der Waals surface area (Å²) in [6.45, 7) is 4.75. The van der Waals surface area contributed by atoms with E-state index in [0.29, 0.717) is 6.54 Å². The highest BCUT2D eigenvalue weighted by molar-refractivity contribution is 7.11. The third-order valence-corrected chi connectivity index (χ3v) is 3.70. The molecule has 2 nitrogen and oxygen atoms in total. The van der Waals surface area contributed by atoms with E-state index >= 15 is 0 Å². The van der Waals surface area contributed by atoms with Crippen LogP contribution in [0.1, 0.15) is 22.4 Å². The van der Waals surface area contributed by atoms with Gasteiger partial charge in [-0.05, 0) is 31.0 Å². The van der Waals surface area contributed by atoms with Crippen molar-refractivity contribution in [2.24, 2.45) is 0 Å². The zero-order chi connectivity index (χ0) is 12.3. The number of rotatable bonds is 4. The zero-order valence-electron chi connectivity index (χ0n) is 9.96. The number of anilines is 1. The zero-order valence-corrected chi connectivity index (χ0v) is 10.8. The molecule has 17 heavy (non-hydrogen) atoms. The number of aryl methyl sites for hydroxylation is 2. The van der Waals surface area contributed by atoms with Gasteiger partial charge in [0.2, 0.25) is 0 Å². The van der Waals surface area contributed by atoms with Crippen LogP contribution in [0.4, 0.5) is 10.1 Å². The predicted octanol–water partition coefficient (Wildman–Crippen LogP) is 3.77. The van der Waals surface area contributed by atoms with Gasteiger partial charge < -0.3 is 5.32 Å². The highest BCUT2D eigenvalue weighted by atomic mass is 32.1. The Kier molecular flexibility index (Phi) is 3.74. The number of benzene rings is 1. The molecule has 0 saturated carbocycles. The summed E-state index contributed by atoms with van der Waals surface area (Å²) in [5, 5.41) is 4.37. The minimum absolute atomic E-state index is 0.211. The lowest BCUT2D eigenvalue weighted by atomic mass is 10.2. The molecule has 0 aliphatic rings. The number of halogens is 1. The smallest absolute Gasteiger partial charge is 0.125 e. The van der Waals surface area contributed by atoms with Crippen molar-refractivity contribution in [1.29, 1.82) is 0 Å². The summed E-state index contributed by atoms with van der Waals surface area (Å²) < 4.78 is 13.1. The molecule has 0 aliphatic carbocycles. The molecule has 1 heterocycles. The van der Waals surface area contributed by atoms with Gasteiger partial charge in [0.15, 0.2) is 0 Å². The number of hydrogen-bond acceptors (Lipinski definition) is 3. The van der Waals surface area contributed by atoms with E-state index in [-0.39, 0.29) is 5.82 Å². The monoisotopic (exact) mass is 250 g/mol. The van der Waals surface area contributed by atoms with Crippen molar-refractivity contribution in [3.8, 4) is 0 Å². The van der Waals surface area contributed by atoms with Gasteiger partial charge in [-0.25, -0.2) is 9.37 Å². The Labute approximate surface area is 105 Å². The van der Waals surface area contributed by atoms with Crippen molar-refractivity contribution in [2.75, 3.05) is 5.32 Å². The van der Waals surface area contributed by atoms with E-state index < -0.39 is 0 Å². The molecule has 90 valence electrons. The molecule has 2 aromatic rings. The fourth-order valence-corrected chi connectivity index (χ4v) is 2.36. The fraction of sp³-hybridized carbons (Fsp3) is 0.308. The number of nitrogens with zero attached hydrogens (tertiary/aromatic N) is 1. The van der Waals surface area contributed by atoms with Crippen molar-refractivity contribution in [3.05, 3.63) is 45.7 Å². The molecule has 0 amide bonds. The topological polar surface area (TPSA) is 24.9 Å². The third kappa shape index (κ3) is 3.03. The first kappa shape index (κ1) is 12.0. The SMILES string of the molecule is CCc1ncc(CNc2cc(F)ccc2C)s1. The van der Waals surface area contributed by atoms with Crippen LogP contribution in [0.15, 0.2) is 24.4 Å². The molecule has 0 bridgehead atoms. The maximum absolute atomic E-state index is 13.1. The molecule has 0 radical (unpaired) electrons. The second-order valence-corrected chi connectivity index (χ2v) is 5.09. The number of thiazole rings is 1. The molecule has 1 aromatic heterocycles. The van der Waals surface area contributed by atoms with Crippen LogP contribution in [0.3, 0.4) is 0 Å². The van der Waals surface area contributed by atoms with Gasteiger partial charge in [0.25, 0.3) is 0 Å². The second-order valence-electron chi connectivity index (χ2n) is 3.89. The van der Waals surface area contributed by atoms with Gasteiger partial charge in [0.05, 0.1) is 11.6 Å². The van der Waals surface area contributed by atoms with Crippen LogP contribution < -0.4 is 5.32 Å². The Morgan fingerprint density at radius 2 is 2.24 bits per heavy atom. The predicted molar refractivity (Wildman–Crippen MR) is 70.0 cm³/mol. The van der Waals surface area contributed by atoms with Gasteiger partial charge in [-0.2, -0.15) is 0 Å². The van der Waals surface area contributed by atoms with Crippen LogP contribution in [0.5, 0.6) is 0 Å². The Morgan fingerprint density at radius 1 is 1.41 bits per heavy atom. The highest BCUT2D eigenvalue weighted by Gasteiger charge is 2.03. The van der Waals surface area contributed by atoms with Gasteiger partial charge in [-0.15, -0.1) is 11.3 Å². The molecule has 0 unspecified atom stereocenters. The Bertz CT molecular complexity index is 508. The van der Waals surface area contributed by atoms with Crippen LogP contribution in [-0.2, 0) is 13.0 Å². The van der Waals surface area contributed by atoms with Crippen molar-refractivity contribution < 1.29 is 4.39 Å². The maximum atomic E-state index is 13.1. The van der Waals surface area contributed by atoms with Gasteiger partial charge in [0, 0.05) is 16.8 Å². The second kappa shape index (κ2) is 5.27. The van der Waals surface area contributed by atoms with E-state index in [0.717, 1.165) is 22.7 Å². The lowest BCUT2D eigenvalue weighted by Gasteiger charge is -2.07. The standard InChI is InChI=1S/C13H15FN2S/c1-3-13-16-8-11(17-13)7-15-12-6-10(14)5-4-9(12)2/h4-6,8,15H,3,7H2,1-2H3. The van der Waals surface area contributed by atoms with E-state index in [9.17, 15) is 4.39 Å². The van der Waals surface area contributed by atoms with Gasteiger partial charge >= 0.3 is 0 Å². The largest absolute Gasteiger partial charge is 0.380 e. The Hall–Kier alpha value is -1.42. The first-order valence-corrected chi connectivity index (χ1v) is 6.44. The molecule has 0 atom stereocenters. The normalized spacial score (nSPS) is 10.5. The van der Waals surface area contributed by atoms with Crippen molar-refractivity contribution in [3.63, 3.8) is 0 Å². The summed E-state index contributed by atoms with van der Waals surface area (Å²) in [4.78, 5) is 5.46. The van der Waals surface area contributed by atoms with E-state index in [1.807, 2.05) is 13.1 Å². The van der Waals surface area contributed by atoms with E-state index in [1.165, 1.54) is 17.0 Å². The molecule has 1 N–H and O–H groups in total. The minimum atomic E-state index is -0.211. The summed E-state index contributed by atoms with van der Waals surface area (Å²) in [6, 6.07) is 4.78. The van der Waals surface area contributed by atoms with Gasteiger partial charge in [-0.1, -0.05) is 13.0 Å². The first-order valence-electron chi connectivity index (χ1n) is 5.62. The Morgan fingerprint density at radius 3 is 2.94 bits per heavy atom.